The Morgan fingerprint density at radius 3 is 2.45 bits per heavy atom. The van der Waals surface area contributed by atoms with Gasteiger partial charge < -0.3 is 5.32 Å². The molecule has 1 aromatic heterocycles. The Kier molecular flexibility index (Phi) is 4.85. The van der Waals surface area contributed by atoms with E-state index in [0.717, 1.165) is 41.8 Å². The smallest absolute Gasteiger partial charge is 0.323 e. The normalized spacial score (nSPS) is 23.4. The summed E-state index contributed by atoms with van der Waals surface area (Å²) in [4.78, 5) is 27.7. The van der Waals surface area contributed by atoms with Gasteiger partial charge in [-0.3, -0.25) is 9.69 Å². The average Bonchev–Trinajstić information content (AvgIpc) is 3.33. The van der Waals surface area contributed by atoms with Crippen LogP contribution in [0.3, 0.4) is 0 Å². The predicted octanol–water partition coefficient (Wildman–Crippen LogP) is 4.54. The van der Waals surface area contributed by atoms with Gasteiger partial charge in [0, 0.05) is 17.3 Å². The molecule has 1 aliphatic carbocycles. The molecule has 1 aliphatic heterocycles. The van der Waals surface area contributed by atoms with E-state index < -0.39 is 5.54 Å². The number of urea groups is 1. The molecule has 1 N–H and O–H groups in total. The first-order valence-corrected chi connectivity index (χ1v) is 10.9. The lowest BCUT2D eigenvalue weighted by Gasteiger charge is -2.36. The molecule has 3 aromatic rings. The summed E-state index contributed by atoms with van der Waals surface area (Å²) in [5.74, 6) is 0.0412. The number of carbonyl (C=O) groups excluding carboxylic acids is 2. The predicted molar refractivity (Wildman–Crippen MR) is 118 cm³/mol. The minimum Gasteiger partial charge on any atom is -0.323 e. The zero-order valence-electron chi connectivity index (χ0n) is 17.6. The summed E-state index contributed by atoms with van der Waals surface area (Å²) >= 11 is 0. The molecule has 2 aromatic carbocycles. The minimum atomic E-state index is -0.752. The number of carbonyl (C=O) groups is 2. The van der Waals surface area contributed by atoms with Gasteiger partial charge in [0.2, 0.25) is 0 Å². The van der Waals surface area contributed by atoms with Crippen LogP contribution in [0.4, 0.5) is 4.79 Å². The number of nitrogens with one attached hydrogen (secondary N) is 1. The molecule has 0 unspecified atom stereocenters. The molecule has 1 saturated heterocycles. The maximum absolute atomic E-state index is 13.4. The molecule has 2 atom stereocenters. The topological polar surface area (TPSA) is 67.2 Å². The molecule has 1 spiro atoms. The van der Waals surface area contributed by atoms with E-state index in [2.05, 4.69) is 12.2 Å². The molecule has 2 fully saturated rings. The van der Waals surface area contributed by atoms with Crippen molar-refractivity contribution in [2.45, 2.75) is 44.7 Å². The number of hydrogen-bond acceptors (Lipinski definition) is 3. The van der Waals surface area contributed by atoms with E-state index in [9.17, 15) is 9.59 Å². The fourth-order valence-corrected chi connectivity index (χ4v) is 4.89. The van der Waals surface area contributed by atoms with Crippen LogP contribution in [0.5, 0.6) is 0 Å². The van der Waals surface area contributed by atoms with E-state index >= 15 is 0 Å². The fourth-order valence-electron chi connectivity index (χ4n) is 4.89. The summed E-state index contributed by atoms with van der Waals surface area (Å²) in [7, 11) is 0. The molecule has 31 heavy (non-hydrogen) atoms. The maximum atomic E-state index is 13.4. The number of imide groups is 1. The number of aromatic nitrogens is 2. The van der Waals surface area contributed by atoms with E-state index in [1.165, 1.54) is 4.90 Å². The van der Waals surface area contributed by atoms with Gasteiger partial charge in [0.05, 0.1) is 17.9 Å². The Hall–Kier alpha value is -3.41. The van der Waals surface area contributed by atoms with Crippen LogP contribution in [-0.4, -0.2) is 32.2 Å². The van der Waals surface area contributed by atoms with Gasteiger partial charge in [-0.25, -0.2) is 9.48 Å². The molecule has 6 heteroatoms. The van der Waals surface area contributed by atoms with Crippen molar-refractivity contribution in [2.24, 2.45) is 5.92 Å². The second kappa shape index (κ2) is 7.69. The van der Waals surface area contributed by atoms with Gasteiger partial charge in [0.1, 0.15) is 5.54 Å². The van der Waals surface area contributed by atoms with Crippen molar-refractivity contribution in [1.29, 1.82) is 0 Å². The molecule has 0 bridgehead atoms. The van der Waals surface area contributed by atoms with Crippen LogP contribution in [0, 0.1) is 5.92 Å². The third-order valence-electron chi connectivity index (χ3n) is 6.69. The van der Waals surface area contributed by atoms with Crippen LogP contribution >= 0.6 is 0 Å². The second-order valence-corrected chi connectivity index (χ2v) is 8.59. The average molecular weight is 415 g/mol. The highest BCUT2D eigenvalue weighted by Crippen LogP contribution is 2.39. The lowest BCUT2D eigenvalue weighted by Crippen LogP contribution is -2.53. The third kappa shape index (κ3) is 3.32. The largest absolute Gasteiger partial charge is 0.325 e. The van der Waals surface area contributed by atoms with Crippen LogP contribution in [0.1, 0.15) is 38.2 Å². The number of amides is 3. The Balaban J connectivity index is 1.52. The first-order chi connectivity index (χ1) is 15.1. The molecule has 6 nitrogen and oxygen atoms in total. The van der Waals surface area contributed by atoms with E-state index in [1.807, 2.05) is 71.5 Å². The SMILES string of the molecule is C[C@@H]1CCCC[C@]12NC(=O)N(Cc1cn(-c3ccccc3)nc1-c1ccccc1)C2=O. The molecule has 5 rings (SSSR count). The Labute approximate surface area is 181 Å². The van der Waals surface area contributed by atoms with Crippen LogP contribution in [0.15, 0.2) is 66.9 Å². The van der Waals surface area contributed by atoms with Crippen molar-refractivity contribution in [3.8, 4) is 16.9 Å². The second-order valence-electron chi connectivity index (χ2n) is 8.59. The zero-order valence-corrected chi connectivity index (χ0v) is 17.6. The van der Waals surface area contributed by atoms with E-state index in [0.29, 0.717) is 6.42 Å². The Morgan fingerprint density at radius 2 is 1.74 bits per heavy atom. The molecular formula is C25H26N4O2. The summed E-state index contributed by atoms with van der Waals surface area (Å²) < 4.78 is 1.81. The quantitative estimate of drug-likeness (QED) is 0.638. The molecule has 158 valence electrons. The van der Waals surface area contributed by atoms with Crippen molar-refractivity contribution < 1.29 is 9.59 Å². The number of nitrogens with zero attached hydrogens (tertiary/aromatic N) is 3. The molecule has 2 aliphatic rings. The van der Waals surface area contributed by atoms with Crippen molar-refractivity contribution in [1.82, 2.24) is 20.0 Å². The highest BCUT2D eigenvalue weighted by molar-refractivity contribution is 6.07. The van der Waals surface area contributed by atoms with Crippen molar-refractivity contribution in [2.75, 3.05) is 0 Å². The van der Waals surface area contributed by atoms with Crippen LogP contribution in [0.25, 0.3) is 16.9 Å². The van der Waals surface area contributed by atoms with Crippen molar-refractivity contribution >= 4 is 11.9 Å². The summed E-state index contributed by atoms with van der Waals surface area (Å²) in [6.45, 7) is 2.28. The summed E-state index contributed by atoms with van der Waals surface area (Å²) in [6.07, 6.45) is 5.66. The molecule has 3 amide bonds. The lowest BCUT2D eigenvalue weighted by atomic mass is 9.73. The van der Waals surface area contributed by atoms with E-state index in [4.69, 9.17) is 5.10 Å². The van der Waals surface area contributed by atoms with Crippen LogP contribution in [0.2, 0.25) is 0 Å². The number of para-hydroxylation sites is 1. The Bertz CT molecular complexity index is 1110. The van der Waals surface area contributed by atoms with Crippen molar-refractivity contribution in [3.05, 3.63) is 72.4 Å². The zero-order chi connectivity index (χ0) is 21.4. The fraction of sp³-hybridized carbons (Fsp3) is 0.320. The van der Waals surface area contributed by atoms with Gasteiger partial charge in [-0.1, -0.05) is 68.3 Å². The first-order valence-electron chi connectivity index (χ1n) is 10.9. The highest BCUT2D eigenvalue weighted by atomic mass is 16.2. The Morgan fingerprint density at radius 1 is 1.03 bits per heavy atom. The van der Waals surface area contributed by atoms with E-state index in [1.54, 1.807) is 0 Å². The van der Waals surface area contributed by atoms with Crippen LogP contribution in [-0.2, 0) is 11.3 Å². The monoisotopic (exact) mass is 414 g/mol. The lowest BCUT2D eigenvalue weighted by molar-refractivity contribution is -0.134. The molecule has 2 heterocycles. The standard InChI is InChI=1S/C25H26N4O2/c1-18-10-8-9-15-25(18)23(30)28(24(31)26-25)16-20-17-29(21-13-6-3-7-14-21)27-22(20)19-11-4-2-5-12-19/h2-7,11-14,17-18H,8-10,15-16H2,1H3,(H,26,31)/t18-,25+/m1/s1. The number of benzene rings is 2. The molecular weight excluding hydrogens is 388 g/mol. The summed E-state index contributed by atoms with van der Waals surface area (Å²) in [5.41, 5.74) is 2.76. The molecule has 1 saturated carbocycles. The summed E-state index contributed by atoms with van der Waals surface area (Å²) in [6, 6.07) is 19.4. The van der Waals surface area contributed by atoms with Gasteiger partial charge in [-0.2, -0.15) is 5.10 Å². The van der Waals surface area contributed by atoms with Gasteiger partial charge >= 0.3 is 6.03 Å². The first kappa shape index (κ1) is 19.5. The highest BCUT2D eigenvalue weighted by Gasteiger charge is 2.54. The summed E-state index contributed by atoms with van der Waals surface area (Å²) in [5, 5.41) is 7.86. The van der Waals surface area contributed by atoms with E-state index in [-0.39, 0.29) is 24.4 Å². The maximum Gasteiger partial charge on any atom is 0.325 e. The van der Waals surface area contributed by atoms with Gasteiger partial charge in [-0.15, -0.1) is 0 Å². The van der Waals surface area contributed by atoms with Crippen molar-refractivity contribution in [3.63, 3.8) is 0 Å². The number of hydrogen-bond donors (Lipinski definition) is 1. The minimum absolute atomic E-state index is 0.101. The van der Waals surface area contributed by atoms with Gasteiger partial charge in [0.25, 0.3) is 5.91 Å². The van der Waals surface area contributed by atoms with Crippen LogP contribution < -0.4 is 5.32 Å². The third-order valence-corrected chi connectivity index (χ3v) is 6.69. The van der Waals surface area contributed by atoms with Gasteiger partial charge in [-0.05, 0) is 30.9 Å². The molecule has 0 radical (unpaired) electrons. The van der Waals surface area contributed by atoms with Gasteiger partial charge in [0.15, 0.2) is 0 Å². The number of rotatable bonds is 4.